The molecule has 0 aromatic carbocycles. The van der Waals surface area contributed by atoms with Gasteiger partial charge in [-0.15, -0.1) is 0 Å². The van der Waals surface area contributed by atoms with Gasteiger partial charge < -0.3 is 0 Å². The van der Waals surface area contributed by atoms with Gasteiger partial charge in [0.2, 0.25) is 0 Å². The number of nitrogens with zero attached hydrogens (tertiary/aromatic N) is 1. The van der Waals surface area contributed by atoms with Crippen LogP contribution in [0.3, 0.4) is 0 Å². The lowest BCUT2D eigenvalue weighted by Crippen LogP contribution is -2.28. The molecule has 12 heavy (non-hydrogen) atoms. The van der Waals surface area contributed by atoms with Crippen molar-refractivity contribution in [2.45, 2.75) is 13.1 Å². The van der Waals surface area contributed by atoms with Gasteiger partial charge in [0.1, 0.15) is 0 Å². The summed E-state index contributed by atoms with van der Waals surface area (Å²) in [5, 5.41) is 2.81. The first kappa shape index (κ1) is 8.83. The van der Waals surface area contributed by atoms with Crippen LogP contribution in [-0.4, -0.2) is 12.1 Å². The van der Waals surface area contributed by atoms with Crippen molar-refractivity contribution in [2.24, 2.45) is 0 Å². The van der Waals surface area contributed by atoms with Crippen molar-refractivity contribution in [3.05, 3.63) is 23.4 Å². The molecule has 0 bridgehead atoms. The monoisotopic (exact) mass is 175 g/mol. The predicted molar refractivity (Wildman–Crippen MR) is 33.7 cm³/mol. The van der Waals surface area contributed by atoms with E-state index in [1.165, 1.54) is 6.92 Å². The van der Waals surface area contributed by atoms with Crippen LogP contribution in [0, 0.1) is 6.08 Å². The lowest BCUT2D eigenvalue weighted by molar-refractivity contribution is -0.124. The number of rotatable bonds is 0. The molecule has 0 aromatic rings. The Kier molecular flexibility index (Phi) is 1.95. The van der Waals surface area contributed by atoms with Crippen molar-refractivity contribution < 1.29 is 18.0 Å². The zero-order chi connectivity index (χ0) is 9.35. The molecule has 0 aromatic heterocycles. The van der Waals surface area contributed by atoms with Crippen LogP contribution in [0.15, 0.2) is 17.3 Å². The van der Waals surface area contributed by atoms with Crippen LogP contribution in [0.4, 0.5) is 13.2 Å². The van der Waals surface area contributed by atoms with Crippen molar-refractivity contribution in [2.75, 3.05) is 0 Å². The number of amides is 1. The lowest BCUT2D eigenvalue weighted by atomic mass is 10.2. The summed E-state index contributed by atoms with van der Waals surface area (Å²) in [5.74, 6) is -0.860. The van der Waals surface area contributed by atoms with Gasteiger partial charge in [0, 0.05) is 11.6 Å². The largest absolute Gasteiger partial charge is 0.434 e. The van der Waals surface area contributed by atoms with Crippen molar-refractivity contribution in [1.82, 2.24) is 5.32 Å². The molecule has 1 rings (SSSR count). The highest BCUT2D eigenvalue weighted by Crippen LogP contribution is 2.26. The zero-order valence-electron chi connectivity index (χ0n) is 6.07. The molecule has 1 aliphatic rings. The Morgan fingerprint density at radius 2 is 2.08 bits per heavy atom. The average molecular weight is 175 g/mol. The van der Waals surface area contributed by atoms with E-state index in [0.717, 1.165) is 6.08 Å². The summed E-state index contributed by atoms with van der Waals surface area (Å²) in [6.45, 7) is 1.38. The van der Waals surface area contributed by atoms with Gasteiger partial charge in [0.25, 0.3) is 5.91 Å². The molecule has 0 fully saturated rings. The Morgan fingerprint density at radius 1 is 1.50 bits per heavy atom. The van der Waals surface area contributed by atoms with Crippen molar-refractivity contribution in [1.29, 1.82) is 0 Å². The number of alkyl halides is 3. The molecule has 1 aliphatic heterocycles. The van der Waals surface area contributed by atoms with Gasteiger partial charge >= 0.3 is 6.18 Å². The molecule has 0 atom stereocenters. The van der Waals surface area contributed by atoms with Gasteiger partial charge in [0.05, 0.1) is 0 Å². The van der Waals surface area contributed by atoms with Gasteiger partial charge in [-0.05, 0) is 13.0 Å². The van der Waals surface area contributed by atoms with Gasteiger partial charge in [-0.3, -0.25) is 4.79 Å². The molecule has 5 heteroatoms. The first-order valence-corrected chi connectivity index (χ1v) is 3.05. The van der Waals surface area contributed by atoms with E-state index in [1.54, 1.807) is 0 Å². The Balaban J connectivity index is 2.92. The van der Waals surface area contributed by atoms with Crippen LogP contribution >= 0.6 is 0 Å². The van der Waals surface area contributed by atoms with E-state index in [1.807, 2.05) is 6.08 Å². The fraction of sp³-hybridized carbons (Fsp3) is 0.286. The second-order valence-electron chi connectivity index (χ2n) is 2.24. The number of halogens is 3. The molecule has 0 N–H and O–H groups in total. The third-order valence-electron chi connectivity index (χ3n) is 1.24. The SMILES string of the molecule is CC1=C[C]=C(C(F)(F)F)[N]C1=O. The summed E-state index contributed by atoms with van der Waals surface area (Å²) in [5.41, 5.74) is -1.11. The third-order valence-corrected chi connectivity index (χ3v) is 1.24. The van der Waals surface area contributed by atoms with E-state index in [0.29, 0.717) is 0 Å². The topological polar surface area (TPSA) is 31.2 Å². The van der Waals surface area contributed by atoms with E-state index in [2.05, 4.69) is 5.32 Å². The number of allylic oxidation sites excluding steroid dienone is 3. The minimum Gasteiger partial charge on any atom is -0.267 e. The quantitative estimate of drug-likeness (QED) is 0.546. The van der Waals surface area contributed by atoms with E-state index < -0.39 is 17.8 Å². The molecule has 64 valence electrons. The Labute approximate surface area is 66.8 Å². The second-order valence-corrected chi connectivity index (χ2v) is 2.24. The summed E-state index contributed by atoms with van der Waals surface area (Å²) in [6, 6.07) is 0. The van der Waals surface area contributed by atoms with Crippen LogP contribution in [0.25, 0.3) is 0 Å². The molecule has 2 nitrogen and oxygen atoms in total. The van der Waals surface area contributed by atoms with Crippen LogP contribution < -0.4 is 5.32 Å². The van der Waals surface area contributed by atoms with Crippen molar-refractivity contribution in [3.63, 3.8) is 0 Å². The molecule has 2 radical (unpaired) electrons. The molecule has 1 heterocycles. The first-order valence-electron chi connectivity index (χ1n) is 3.05. The normalized spacial score (nSPS) is 18.2. The highest BCUT2D eigenvalue weighted by atomic mass is 19.4. The molecule has 0 unspecified atom stereocenters. The minimum atomic E-state index is -4.59. The van der Waals surface area contributed by atoms with Gasteiger partial charge in [0.15, 0.2) is 5.70 Å². The molecular weight excluding hydrogens is 171 g/mol. The highest BCUT2D eigenvalue weighted by molar-refractivity contribution is 5.95. The summed E-state index contributed by atoms with van der Waals surface area (Å²) in [7, 11) is 0. The number of hydrogen-bond acceptors (Lipinski definition) is 1. The average Bonchev–Trinajstić information content (AvgIpc) is 1.92. The fourth-order valence-corrected chi connectivity index (χ4v) is 0.606. The maximum absolute atomic E-state index is 11.9. The summed E-state index contributed by atoms with van der Waals surface area (Å²) in [4.78, 5) is 10.7. The molecule has 0 spiro atoms. The Bertz CT molecular complexity index is 275. The maximum Gasteiger partial charge on any atom is 0.434 e. The van der Waals surface area contributed by atoms with Gasteiger partial charge in [-0.25, -0.2) is 5.32 Å². The predicted octanol–water partition coefficient (Wildman–Crippen LogP) is 1.33. The number of hydrogen-bond donors (Lipinski definition) is 0. The standard InChI is InChI=1S/C7H4F3NO/c1-4-2-3-5(7(8,9)10)11-6(4)12/h2H,1H3. The smallest absolute Gasteiger partial charge is 0.267 e. The molecule has 1 amide bonds. The first-order chi connectivity index (χ1) is 5.41. The van der Waals surface area contributed by atoms with Crippen LogP contribution in [0.5, 0.6) is 0 Å². The number of carbonyl (C=O) groups excluding carboxylic acids is 1. The van der Waals surface area contributed by atoms with Gasteiger partial charge in [-0.1, -0.05) is 0 Å². The summed E-state index contributed by atoms with van der Waals surface area (Å²) < 4.78 is 35.6. The van der Waals surface area contributed by atoms with E-state index in [9.17, 15) is 18.0 Å². The summed E-state index contributed by atoms with van der Waals surface area (Å²) in [6.07, 6.45) is -1.72. The van der Waals surface area contributed by atoms with E-state index in [4.69, 9.17) is 0 Å². The van der Waals surface area contributed by atoms with Crippen LogP contribution in [-0.2, 0) is 4.79 Å². The van der Waals surface area contributed by atoms with Crippen LogP contribution in [0.1, 0.15) is 6.92 Å². The zero-order valence-corrected chi connectivity index (χ0v) is 6.07. The maximum atomic E-state index is 11.9. The van der Waals surface area contributed by atoms with E-state index in [-0.39, 0.29) is 5.57 Å². The second kappa shape index (κ2) is 2.66. The Morgan fingerprint density at radius 3 is 2.50 bits per heavy atom. The molecular formula is C7H4F3NO. The van der Waals surface area contributed by atoms with Crippen molar-refractivity contribution in [3.8, 4) is 0 Å². The summed E-state index contributed by atoms with van der Waals surface area (Å²) >= 11 is 0. The van der Waals surface area contributed by atoms with E-state index >= 15 is 0 Å². The van der Waals surface area contributed by atoms with Gasteiger partial charge in [-0.2, -0.15) is 13.2 Å². The lowest BCUT2D eigenvalue weighted by Gasteiger charge is -2.12. The molecule has 0 saturated carbocycles. The Hall–Kier alpha value is -1.26. The van der Waals surface area contributed by atoms with Crippen molar-refractivity contribution >= 4 is 5.91 Å². The fourth-order valence-electron chi connectivity index (χ4n) is 0.606. The molecule has 0 aliphatic carbocycles. The third kappa shape index (κ3) is 1.66. The number of carbonyl (C=O) groups is 1. The van der Waals surface area contributed by atoms with Crippen LogP contribution in [0.2, 0.25) is 0 Å². The highest BCUT2D eigenvalue weighted by Gasteiger charge is 2.37. The molecule has 0 saturated heterocycles. The minimum absolute atomic E-state index is 0.156.